The molecule has 5 N–H and O–H groups in total. The first-order valence-corrected chi connectivity index (χ1v) is 13.0. The van der Waals surface area contributed by atoms with Gasteiger partial charge in [-0.05, 0) is 98.6 Å². The number of benzene rings is 3. The zero-order chi connectivity index (χ0) is 26.0. The van der Waals surface area contributed by atoms with Crippen LogP contribution in [0.15, 0.2) is 36.1 Å². The molecule has 3 aromatic carbocycles. The average Bonchev–Trinajstić information content (AvgIpc) is 2.81. The number of phenols is 5. The molecule has 35 heavy (non-hydrogen) atoms. The number of hydrogen-bond acceptors (Lipinski definition) is 8. The maximum absolute atomic E-state index is 10.7. The Labute approximate surface area is 234 Å². The predicted molar refractivity (Wildman–Crippen MR) is 143 cm³/mol. The number of halogens is 4. The molecular formula is C23H20Br4O8. The van der Waals surface area contributed by atoms with E-state index in [4.69, 9.17) is 14.2 Å². The summed E-state index contributed by atoms with van der Waals surface area (Å²) in [4.78, 5) is 0. The van der Waals surface area contributed by atoms with E-state index in [9.17, 15) is 25.5 Å². The summed E-state index contributed by atoms with van der Waals surface area (Å²) in [7, 11) is 3.02. The molecule has 12 heteroatoms. The molecule has 0 aliphatic rings. The summed E-state index contributed by atoms with van der Waals surface area (Å²) in [6.07, 6.45) is 0.0796. The van der Waals surface area contributed by atoms with E-state index in [1.165, 1.54) is 32.4 Å². The van der Waals surface area contributed by atoms with Crippen LogP contribution in [0.25, 0.3) is 0 Å². The monoisotopic (exact) mass is 740 g/mol. The molecule has 0 heterocycles. The lowest BCUT2D eigenvalue weighted by atomic mass is 9.98. The highest BCUT2D eigenvalue weighted by Crippen LogP contribution is 2.51. The molecule has 0 spiro atoms. The van der Waals surface area contributed by atoms with Crippen LogP contribution in [0, 0.1) is 0 Å². The summed E-state index contributed by atoms with van der Waals surface area (Å²) >= 11 is 13.5. The van der Waals surface area contributed by atoms with E-state index in [0.717, 1.165) is 0 Å². The minimum atomic E-state index is -0.459. The fraction of sp³-hybridized carbons (Fsp3) is 0.217. The molecular weight excluding hydrogens is 724 g/mol. The molecule has 0 radical (unpaired) electrons. The molecule has 0 fully saturated rings. The van der Waals surface area contributed by atoms with Gasteiger partial charge in [0.25, 0.3) is 0 Å². The Morgan fingerprint density at radius 2 is 1.11 bits per heavy atom. The van der Waals surface area contributed by atoms with E-state index >= 15 is 0 Å². The topological polar surface area (TPSA) is 129 Å². The smallest absolute Gasteiger partial charge is 0.184 e. The molecule has 3 rings (SSSR count). The van der Waals surface area contributed by atoms with Gasteiger partial charge in [0.2, 0.25) is 0 Å². The highest BCUT2D eigenvalue weighted by atomic mass is 79.9. The maximum Gasteiger partial charge on any atom is 0.184 e. The summed E-state index contributed by atoms with van der Waals surface area (Å²) < 4.78 is 17.7. The van der Waals surface area contributed by atoms with Gasteiger partial charge in [-0.15, -0.1) is 0 Å². The van der Waals surface area contributed by atoms with Crippen LogP contribution in [-0.2, 0) is 29.1 Å². The van der Waals surface area contributed by atoms with Crippen molar-refractivity contribution in [1.29, 1.82) is 0 Å². The lowest BCUT2D eigenvalue weighted by molar-refractivity contribution is 0.183. The van der Waals surface area contributed by atoms with Crippen molar-refractivity contribution in [3.63, 3.8) is 0 Å². The number of ether oxygens (including phenoxy) is 3. The fourth-order valence-electron chi connectivity index (χ4n) is 3.39. The molecule has 0 saturated heterocycles. The molecule has 0 bridgehead atoms. The van der Waals surface area contributed by atoms with E-state index in [-0.39, 0.29) is 57.3 Å². The third-order valence-corrected chi connectivity index (χ3v) is 8.84. The Kier molecular flexibility index (Phi) is 9.22. The minimum absolute atomic E-state index is 0.0447. The van der Waals surface area contributed by atoms with Crippen molar-refractivity contribution in [3.8, 4) is 40.2 Å². The van der Waals surface area contributed by atoms with Crippen molar-refractivity contribution in [1.82, 2.24) is 0 Å². The summed E-state index contributed by atoms with van der Waals surface area (Å²) in [5.41, 5.74) is 2.17. The predicted octanol–water partition coefficient (Wildman–Crippen LogP) is 6.94. The van der Waals surface area contributed by atoms with E-state index < -0.39 is 11.5 Å². The third kappa shape index (κ3) is 5.67. The van der Waals surface area contributed by atoms with E-state index in [1.54, 1.807) is 0 Å². The molecule has 0 aliphatic heterocycles. The SMILES string of the molecule is COCc1cc(O)c(Oc2c(Cc3c(COC)cc(O)c(O)c3Br)cc(O)c(O)c2Br)c(Br)c1Br. The number of hydrogen-bond donors (Lipinski definition) is 5. The van der Waals surface area contributed by atoms with Gasteiger partial charge in [-0.1, -0.05) is 0 Å². The number of methoxy groups -OCH3 is 2. The van der Waals surface area contributed by atoms with Gasteiger partial charge in [0, 0.05) is 30.7 Å². The van der Waals surface area contributed by atoms with Gasteiger partial charge in [0.05, 0.1) is 22.2 Å². The molecule has 0 unspecified atom stereocenters. The molecule has 0 atom stereocenters. The standard InChI is InChI=1S/C23H20Br4O8/c1-33-7-10-5-14(29)20(31)17(25)12(10)3-9-4-13(28)21(32)19(27)22(9)35-23-15(30)6-11(8-34-2)16(24)18(23)26/h4-6,28-32H,3,7-8H2,1-2H3. The van der Waals surface area contributed by atoms with Crippen LogP contribution in [0.2, 0.25) is 0 Å². The zero-order valence-corrected chi connectivity index (χ0v) is 24.7. The van der Waals surface area contributed by atoms with Crippen LogP contribution in [0.1, 0.15) is 22.3 Å². The van der Waals surface area contributed by atoms with Gasteiger partial charge in [0.15, 0.2) is 34.5 Å². The van der Waals surface area contributed by atoms with Crippen molar-refractivity contribution < 1.29 is 39.7 Å². The molecule has 0 aliphatic carbocycles. The van der Waals surface area contributed by atoms with Gasteiger partial charge in [-0.25, -0.2) is 0 Å². The maximum atomic E-state index is 10.7. The lowest BCUT2D eigenvalue weighted by Crippen LogP contribution is -2.02. The lowest BCUT2D eigenvalue weighted by Gasteiger charge is -2.20. The van der Waals surface area contributed by atoms with Crippen molar-refractivity contribution in [3.05, 3.63) is 58.3 Å². The molecule has 0 aromatic heterocycles. The molecule has 0 amide bonds. The Balaban J connectivity index is 2.18. The number of rotatable bonds is 8. The summed E-state index contributed by atoms with van der Waals surface area (Å²) in [5, 5.41) is 51.6. The Hall–Kier alpha value is -1.70. The van der Waals surface area contributed by atoms with Gasteiger partial charge < -0.3 is 39.7 Å². The summed E-state index contributed by atoms with van der Waals surface area (Å²) in [6.45, 7) is 0.367. The van der Waals surface area contributed by atoms with E-state index in [0.29, 0.717) is 31.2 Å². The molecule has 8 nitrogen and oxygen atoms in total. The van der Waals surface area contributed by atoms with Crippen LogP contribution in [0.3, 0.4) is 0 Å². The van der Waals surface area contributed by atoms with Gasteiger partial charge in [-0.2, -0.15) is 0 Å². The first kappa shape index (κ1) is 27.9. The van der Waals surface area contributed by atoms with Crippen LogP contribution in [0.5, 0.6) is 40.2 Å². The first-order chi connectivity index (χ1) is 16.5. The van der Waals surface area contributed by atoms with Crippen molar-refractivity contribution in [2.24, 2.45) is 0 Å². The number of phenolic OH excluding ortho intramolecular Hbond substituents is 5. The third-order valence-electron chi connectivity index (χ3n) is 5.06. The van der Waals surface area contributed by atoms with Gasteiger partial charge in [0.1, 0.15) is 10.2 Å². The molecule has 3 aromatic rings. The zero-order valence-electron chi connectivity index (χ0n) is 18.3. The summed E-state index contributed by atoms with van der Waals surface area (Å²) in [6, 6.07) is 4.16. The van der Waals surface area contributed by atoms with E-state index in [1.807, 2.05) is 0 Å². The van der Waals surface area contributed by atoms with Crippen LogP contribution in [-0.4, -0.2) is 39.8 Å². The highest BCUT2D eigenvalue weighted by Gasteiger charge is 2.25. The molecule has 188 valence electrons. The molecule has 0 saturated carbocycles. The van der Waals surface area contributed by atoms with Crippen molar-refractivity contribution in [2.45, 2.75) is 19.6 Å². The average molecular weight is 744 g/mol. The first-order valence-electron chi connectivity index (χ1n) is 9.82. The van der Waals surface area contributed by atoms with Gasteiger partial charge in [-0.3, -0.25) is 0 Å². The Morgan fingerprint density at radius 3 is 1.71 bits per heavy atom. The van der Waals surface area contributed by atoms with Crippen LogP contribution < -0.4 is 4.74 Å². The Bertz CT molecular complexity index is 1280. The summed E-state index contributed by atoms with van der Waals surface area (Å²) in [5.74, 6) is -1.60. The van der Waals surface area contributed by atoms with Crippen molar-refractivity contribution in [2.75, 3.05) is 14.2 Å². The van der Waals surface area contributed by atoms with Crippen LogP contribution in [0.4, 0.5) is 0 Å². The fourth-order valence-corrected chi connectivity index (χ4v) is 5.48. The quantitative estimate of drug-likeness (QED) is 0.157. The van der Waals surface area contributed by atoms with Crippen molar-refractivity contribution >= 4 is 63.7 Å². The minimum Gasteiger partial charge on any atom is -0.504 e. The highest BCUT2D eigenvalue weighted by molar-refractivity contribution is 9.13. The second-order valence-electron chi connectivity index (χ2n) is 7.40. The number of aromatic hydroxyl groups is 5. The normalized spacial score (nSPS) is 11.1. The second-order valence-corrected chi connectivity index (χ2v) is 10.6. The van der Waals surface area contributed by atoms with Gasteiger partial charge >= 0.3 is 0 Å². The van der Waals surface area contributed by atoms with E-state index in [2.05, 4.69) is 63.7 Å². The van der Waals surface area contributed by atoms with Crippen LogP contribution >= 0.6 is 63.7 Å². The Morgan fingerprint density at radius 1 is 0.600 bits per heavy atom. The largest absolute Gasteiger partial charge is 0.504 e. The second kappa shape index (κ2) is 11.6.